The smallest absolute Gasteiger partial charge is 0.0627 e. The fourth-order valence-electron chi connectivity index (χ4n) is 2.99. The number of benzene rings is 1. The van der Waals surface area contributed by atoms with Gasteiger partial charge in [0.15, 0.2) is 0 Å². The van der Waals surface area contributed by atoms with Gasteiger partial charge in [0, 0.05) is 32.0 Å². The van der Waals surface area contributed by atoms with Crippen LogP contribution in [0.4, 0.5) is 0 Å². The SMILES string of the molecule is CCC1CN(Cc2ccc(C(C)(C)C)cc2)CC/C1=N\O. The molecule has 0 saturated carbocycles. The molecule has 0 spiro atoms. The lowest BCUT2D eigenvalue weighted by Crippen LogP contribution is -2.40. The van der Waals surface area contributed by atoms with Crippen LogP contribution in [0, 0.1) is 5.92 Å². The second-order valence-corrected chi connectivity index (χ2v) is 7.13. The standard InChI is InChI=1S/C18H28N2O/c1-5-15-13-20(11-10-17(15)19-21)12-14-6-8-16(9-7-14)18(2,3)4/h6-9,15,21H,5,10-13H2,1-4H3/b19-17+. The summed E-state index contributed by atoms with van der Waals surface area (Å²) in [4.78, 5) is 2.47. The third-order valence-corrected chi connectivity index (χ3v) is 4.48. The van der Waals surface area contributed by atoms with E-state index in [0.29, 0.717) is 5.92 Å². The van der Waals surface area contributed by atoms with Crippen molar-refractivity contribution in [3.63, 3.8) is 0 Å². The van der Waals surface area contributed by atoms with Crippen LogP contribution in [0.3, 0.4) is 0 Å². The number of likely N-dealkylation sites (tertiary alicyclic amines) is 1. The van der Waals surface area contributed by atoms with Crippen molar-refractivity contribution in [2.24, 2.45) is 11.1 Å². The Morgan fingerprint density at radius 3 is 2.43 bits per heavy atom. The largest absolute Gasteiger partial charge is 0.411 e. The van der Waals surface area contributed by atoms with Gasteiger partial charge in [0.05, 0.1) is 5.71 Å². The Hall–Kier alpha value is -1.35. The molecule has 1 aromatic carbocycles. The van der Waals surface area contributed by atoms with E-state index in [1.165, 1.54) is 11.1 Å². The molecule has 1 saturated heterocycles. The van der Waals surface area contributed by atoms with E-state index in [1.807, 2.05) is 0 Å². The molecule has 1 atom stereocenters. The van der Waals surface area contributed by atoms with Gasteiger partial charge in [0.1, 0.15) is 0 Å². The molecule has 1 unspecified atom stereocenters. The third kappa shape index (κ3) is 4.07. The van der Waals surface area contributed by atoms with Crippen LogP contribution in [0.2, 0.25) is 0 Å². The van der Waals surface area contributed by atoms with Gasteiger partial charge in [-0.1, -0.05) is 57.1 Å². The van der Waals surface area contributed by atoms with Crippen molar-refractivity contribution in [1.82, 2.24) is 4.90 Å². The summed E-state index contributed by atoms with van der Waals surface area (Å²) in [5.74, 6) is 0.401. The number of hydrogen-bond acceptors (Lipinski definition) is 3. The Morgan fingerprint density at radius 1 is 1.24 bits per heavy atom. The third-order valence-electron chi connectivity index (χ3n) is 4.48. The second kappa shape index (κ2) is 6.61. The Labute approximate surface area is 128 Å². The first-order valence-electron chi connectivity index (χ1n) is 7.96. The lowest BCUT2D eigenvalue weighted by molar-refractivity contribution is 0.220. The summed E-state index contributed by atoms with van der Waals surface area (Å²) < 4.78 is 0. The van der Waals surface area contributed by atoms with Crippen LogP contribution >= 0.6 is 0 Å². The van der Waals surface area contributed by atoms with E-state index in [9.17, 15) is 0 Å². The minimum atomic E-state index is 0.212. The zero-order valence-corrected chi connectivity index (χ0v) is 13.8. The van der Waals surface area contributed by atoms with E-state index in [1.54, 1.807) is 0 Å². The maximum absolute atomic E-state index is 9.04. The normalized spacial score (nSPS) is 22.7. The Balaban J connectivity index is 1.99. The quantitative estimate of drug-likeness (QED) is 0.673. The number of nitrogens with zero attached hydrogens (tertiary/aromatic N) is 2. The molecule has 3 nitrogen and oxygen atoms in total. The van der Waals surface area contributed by atoms with Crippen LogP contribution in [-0.4, -0.2) is 28.9 Å². The van der Waals surface area contributed by atoms with E-state index in [0.717, 1.165) is 38.2 Å². The van der Waals surface area contributed by atoms with Crippen molar-refractivity contribution in [1.29, 1.82) is 0 Å². The van der Waals surface area contributed by atoms with Gasteiger partial charge in [-0.3, -0.25) is 4.90 Å². The monoisotopic (exact) mass is 288 g/mol. The van der Waals surface area contributed by atoms with Gasteiger partial charge >= 0.3 is 0 Å². The van der Waals surface area contributed by atoms with Crippen LogP contribution < -0.4 is 0 Å². The second-order valence-electron chi connectivity index (χ2n) is 7.13. The van der Waals surface area contributed by atoms with Gasteiger partial charge in [-0.2, -0.15) is 0 Å². The zero-order chi connectivity index (χ0) is 15.5. The van der Waals surface area contributed by atoms with E-state index in [2.05, 4.69) is 62.0 Å². The predicted molar refractivity (Wildman–Crippen MR) is 88.0 cm³/mol. The van der Waals surface area contributed by atoms with Crippen LogP contribution in [-0.2, 0) is 12.0 Å². The van der Waals surface area contributed by atoms with Crippen molar-refractivity contribution in [2.45, 2.75) is 52.5 Å². The molecule has 1 heterocycles. The zero-order valence-electron chi connectivity index (χ0n) is 13.8. The van der Waals surface area contributed by atoms with Crippen molar-refractivity contribution in [2.75, 3.05) is 13.1 Å². The minimum absolute atomic E-state index is 0.212. The maximum Gasteiger partial charge on any atom is 0.0627 e. The van der Waals surface area contributed by atoms with Crippen molar-refractivity contribution >= 4 is 5.71 Å². The van der Waals surface area contributed by atoms with Gasteiger partial charge < -0.3 is 5.21 Å². The molecule has 1 N–H and O–H groups in total. The van der Waals surface area contributed by atoms with Gasteiger partial charge in [0.2, 0.25) is 0 Å². The minimum Gasteiger partial charge on any atom is -0.411 e. The highest BCUT2D eigenvalue weighted by atomic mass is 16.4. The van der Waals surface area contributed by atoms with Crippen molar-refractivity contribution < 1.29 is 5.21 Å². The summed E-state index contributed by atoms with van der Waals surface area (Å²) in [6.07, 6.45) is 1.92. The Morgan fingerprint density at radius 2 is 1.90 bits per heavy atom. The Bertz CT molecular complexity index is 485. The fourth-order valence-corrected chi connectivity index (χ4v) is 2.99. The van der Waals surface area contributed by atoms with Gasteiger partial charge in [0.25, 0.3) is 0 Å². The highest BCUT2D eigenvalue weighted by Crippen LogP contribution is 2.23. The number of oxime groups is 1. The first-order chi connectivity index (χ1) is 9.94. The molecule has 0 radical (unpaired) electrons. The highest BCUT2D eigenvalue weighted by molar-refractivity contribution is 5.87. The van der Waals surface area contributed by atoms with E-state index in [4.69, 9.17) is 5.21 Å². The summed E-state index contributed by atoms with van der Waals surface area (Å²) in [5.41, 5.74) is 3.92. The number of hydrogen-bond donors (Lipinski definition) is 1. The molecule has 3 heteroatoms. The molecule has 2 rings (SSSR count). The molecule has 21 heavy (non-hydrogen) atoms. The Kier molecular flexibility index (Phi) is 5.04. The number of piperidine rings is 1. The molecule has 0 aliphatic carbocycles. The summed E-state index contributed by atoms with van der Waals surface area (Å²) in [6, 6.07) is 8.99. The molecule has 1 aliphatic rings. The molecule has 1 fully saturated rings. The molecular formula is C18H28N2O. The van der Waals surface area contributed by atoms with Crippen molar-refractivity contribution in [3.8, 4) is 0 Å². The summed E-state index contributed by atoms with van der Waals surface area (Å²) in [6.45, 7) is 11.9. The van der Waals surface area contributed by atoms with E-state index in [-0.39, 0.29) is 5.41 Å². The molecule has 0 aromatic heterocycles. The van der Waals surface area contributed by atoms with Gasteiger partial charge in [-0.15, -0.1) is 0 Å². The summed E-state index contributed by atoms with van der Waals surface area (Å²) in [5, 5.41) is 12.5. The average molecular weight is 288 g/mol. The van der Waals surface area contributed by atoms with E-state index >= 15 is 0 Å². The topological polar surface area (TPSA) is 35.8 Å². The predicted octanol–water partition coefficient (Wildman–Crippen LogP) is 4.05. The summed E-state index contributed by atoms with van der Waals surface area (Å²) >= 11 is 0. The molecule has 1 aromatic rings. The van der Waals surface area contributed by atoms with Crippen LogP contribution in [0.15, 0.2) is 29.4 Å². The molecule has 0 amide bonds. The maximum atomic E-state index is 9.04. The lowest BCUT2D eigenvalue weighted by Gasteiger charge is -2.32. The first kappa shape index (κ1) is 16.0. The summed E-state index contributed by atoms with van der Waals surface area (Å²) in [7, 11) is 0. The van der Waals surface area contributed by atoms with Crippen molar-refractivity contribution in [3.05, 3.63) is 35.4 Å². The molecule has 1 aliphatic heterocycles. The van der Waals surface area contributed by atoms with Gasteiger partial charge in [-0.05, 0) is 23.0 Å². The molecule has 0 bridgehead atoms. The highest BCUT2D eigenvalue weighted by Gasteiger charge is 2.24. The average Bonchev–Trinajstić information content (AvgIpc) is 2.46. The van der Waals surface area contributed by atoms with Crippen LogP contribution in [0.25, 0.3) is 0 Å². The number of rotatable bonds is 3. The van der Waals surface area contributed by atoms with E-state index < -0.39 is 0 Å². The van der Waals surface area contributed by atoms with Crippen LogP contribution in [0.5, 0.6) is 0 Å². The van der Waals surface area contributed by atoms with Crippen LogP contribution in [0.1, 0.15) is 51.7 Å². The lowest BCUT2D eigenvalue weighted by atomic mass is 9.86. The van der Waals surface area contributed by atoms with Gasteiger partial charge in [-0.25, -0.2) is 0 Å². The first-order valence-corrected chi connectivity index (χ1v) is 7.96. The fraction of sp³-hybridized carbons (Fsp3) is 0.611. The molecular weight excluding hydrogens is 260 g/mol. The molecule has 116 valence electrons.